The van der Waals surface area contributed by atoms with Gasteiger partial charge in [0.05, 0.1) is 19.8 Å². The molecule has 1 heterocycles. The maximum atomic E-state index is 13.3. The first-order valence-electron chi connectivity index (χ1n) is 11.6. The summed E-state index contributed by atoms with van der Waals surface area (Å²) in [5, 5.41) is 3.06. The monoisotopic (exact) mass is 551 g/mol. The van der Waals surface area contributed by atoms with Gasteiger partial charge in [0.25, 0.3) is 0 Å². The van der Waals surface area contributed by atoms with Gasteiger partial charge in [-0.05, 0) is 67.0 Å². The van der Waals surface area contributed by atoms with Gasteiger partial charge in [-0.15, -0.1) is 24.9 Å². The van der Waals surface area contributed by atoms with E-state index in [1.54, 1.807) is 24.3 Å². The average molecular weight is 552 g/mol. The highest BCUT2D eigenvalue weighted by Gasteiger charge is 2.39. The van der Waals surface area contributed by atoms with Crippen LogP contribution in [0.2, 0.25) is 0 Å². The summed E-state index contributed by atoms with van der Waals surface area (Å²) in [6.45, 7) is 2.09. The van der Waals surface area contributed by atoms with Gasteiger partial charge < -0.3 is 24.2 Å². The van der Waals surface area contributed by atoms with Gasteiger partial charge >= 0.3 is 14.6 Å². The van der Waals surface area contributed by atoms with Gasteiger partial charge in [-0.25, -0.2) is 4.39 Å². The highest BCUT2D eigenvalue weighted by molar-refractivity contribution is 7.99. The van der Waals surface area contributed by atoms with Crippen LogP contribution in [0.25, 0.3) is 0 Å². The smallest absolute Gasteiger partial charge is 0.405 e. The number of ether oxygens (including phenoxy) is 2. The van der Waals surface area contributed by atoms with Crippen LogP contribution in [-0.4, -0.2) is 43.4 Å². The second kappa shape index (κ2) is 13.8. The molecule has 1 fully saturated rings. The molecule has 0 radical (unpaired) electrons. The molecule has 2 N–H and O–H groups in total. The van der Waals surface area contributed by atoms with Crippen LogP contribution in [0.1, 0.15) is 36.8 Å². The van der Waals surface area contributed by atoms with Crippen LogP contribution in [0.4, 0.5) is 17.6 Å². The fourth-order valence-electron chi connectivity index (χ4n) is 3.93. The molecule has 0 aliphatic carbocycles. The van der Waals surface area contributed by atoms with Crippen molar-refractivity contribution in [2.45, 2.75) is 48.9 Å². The third-order valence-corrected chi connectivity index (χ3v) is 7.40. The summed E-state index contributed by atoms with van der Waals surface area (Å²) in [6, 6.07) is 11.2. The highest BCUT2D eigenvalue weighted by atomic mass is 32.2. The SMILES string of the molecule is O=[PH](O)OCCCNCc1ccc(SCCCCC2(c3ccc(F)cc3)COC2)c(OC(F)(F)F)c1. The number of hydrogen-bond acceptors (Lipinski definition) is 6. The van der Waals surface area contributed by atoms with Crippen LogP contribution >= 0.6 is 20.0 Å². The topological polar surface area (TPSA) is 77.0 Å². The van der Waals surface area contributed by atoms with Crippen LogP contribution in [0.5, 0.6) is 5.75 Å². The minimum absolute atomic E-state index is 0.122. The number of rotatable bonds is 15. The van der Waals surface area contributed by atoms with Crippen molar-refractivity contribution in [3.05, 3.63) is 59.4 Å². The molecule has 2 aromatic carbocycles. The van der Waals surface area contributed by atoms with E-state index >= 15 is 0 Å². The second-order valence-corrected chi connectivity index (χ2v) is 10.5. The Morgan fingerprint density at radius 3 is 2.50 bits per heavy atom. The zero-order valence-electron chi connectivity index (χ0n) is 19.6. The Bertz CT molecular complexity index is 989. The molecular formula is C24H30F4NO5PS. The van der Waals surface area contributed by atoms with Gasteiger partial charge in [-0.3, -0.25) is 4.57 Å². The van der Waals surface area contributed by atoms with Crippen LogP contribution in [0, 0.1) is 5.82 Å². The number of nitrogens with one attached hydrogen (secondary N) is 1. The van der Waals surface area contributed by atoms with Crippen LogP contribution < -0.4 is 10.1 Å². The Morgan fingerprint density at radius 2 is 1.86 bits per heavy atom. The molecule has 0 saturated carbocycles. The maximum Gasteiger partial charge on any atom is 0.573 e. The Kier molecular flexibility index (Phi) is 11.1. The molecule has 3 rings (SSSR count). The molecular weight excluding hydrogens is 521 g/mol. The first-order chi connectivity index (χ1) is 17.2. The Morgan fingerprint density at radius 1 is 1.11 bits per heavy atom. The highest BCUT2D eigenvalue weighted by Crippen LogP contribution is 2.38. The van der Waals surface area contributed by atoms with Crippen molar-refractivity contribution in [1.82, 2.24) is 5.32 Å². The molecule has 1 aliphatic heterocycles. The molecule has 36 heavy (non-hydrogen) atoms. The van der Waals surface area contributed by atoms with E-state index in [9.17, 15) is 22.1 Å². The number of hydrogen-bond donors (Lipinski definition) is 2. The number of unbranched alkanes of at least 4 members (excludes halogenated alkanes) is 1. The van der Waals surface area contributed by atoms with Gasteiger partial charge in [-0.1, -0.05) is 24.6 Å². The number of benzene rings is 2. The van der Waals surface area contributed by atoms with E-state index in [-0.39, 0.29) is 23.6 Å². The Balaban J connectivity index is 1.48. The van der Waals surface area contributed by atoms with Gasteiger partial charge in [-0.2, -0.15) is 0 Å². The summed E-state index contributed by atoms with van der Waals surface area (Å²) in [5.74, 6) is 0.112. The molecule has 1 atom stereocenters. The van der Waals surface area contributed by atoms with Crippen molar-refractivity contribution < 1.29 is 41.0 Å². The number of thioether (sulfide) groups is 1. The fourth-order valence-corrected chi connectivity index (χ4v) is 5.22. The zero-order valence-corrected chi connectivity index (χ0v) is 21.4. The predicted octanol–water partition coefficient (Wildman–Crippen LogP) is 5.83. The maximum absolute atomic E-state index is 13.3. The van der Waals surface area contributed by atoms with Gasteiger partial charge in [0.1, 0.15) is 11.6 Å². The largest absolute Gasteiger partial charge is 0.573 e. The minimum atomic E-state index is -4.80. The lowest BCUT2D eigenvalue weighted by atomic mass is 9.75. The van der Waals surface area contributed by atoms with Gasteiger partial charge in [0, 0.05) is 16.9 Å². The van der Waals surface area contributed by atoms with Crippen molar-refractivity contribution in [2.75, 3.05) is 32.1 Å². The van der Waals surface area contributed by atoms with Gasteiger partial charge in [0.15, 0.2) is 0 Å². The van der Waals surface area contributed by atoms with E-state index < -0.39 is 14.6 Å². The summed E-state index contributed by atoms with van der Waals surface area (Å²) in [4.78, 5) is 9.03. The van der Waals surface area contributed by atoms with Crippen molar-refractivity contribution in [1.29, 1.82) is 0 Å². The van der Waals surface area contributed by atoms with Gasteiger partial charge in [0.2, 0.25) is 0 Å². The molecule has 200 valence electrons. The standard InChI is InChI=1S/C24H30F4NO5PS/c25-20-7-5-19(6-8-20)23(16-32-17-23)10-1-2-13-36-22-9-4-18(14-21(22)34-24(26,27)28)15-29-11-3-12-33-35(30)31/h4-9,14,29,35H,1-3,10-13,15-17H2,(H,30,31). The normalized spacial score (nSPS) is 15.9. The lowest BCUT2D eigenvalue weighted by molar-refractivity contribution is -0.275. The van der Waals surface area contributed by atoms with E-state index in [2.05, 4.69) is 14.6 Å². The molecule has 0 bridgehead atoms. The third kappa shape index (κ3) is 9.36. The zero-order chi connectivity index (χ0) is 26.0. The van der Waals surface area contributed by atoms with Crippen molar-refractivity contribution >= 4 is 20.0 Å². The van der Waals surface area contributed by atoms with E-state index in [0.717, 1.165) is 24.8 Å². The third-order valence-electron chi connectivity index (χ3n) is 5.81. The molecule has 12 heteroatoms. The first kappa shape index (κ1) is 28.9. The fraction of sp³-hybridized carbons (Fsp3) is 0.500. The van der Waals surface area contributed by atoms with Crippen LogP contribution in [-0.2, 0) is 25.8 Å². The molecule has 1 aliphatic rings. The summed E-state index contributed by atoms with van der Waals surface area (Å²) < 4.78 is 77.0. The molecule has 2 aromatic rings. The number of alkyl halides is 3. The number of halogens is 4. The molecule has 0 spiro atoms. The van der Waals surface area contributed by atoms with Crippen molar-refractivity contribution in [2.24, 2.45) is 0 Å². The minimum Gasteiger partial charge on any atom is -0.405 e. The molecule has 1 saturated heterocycles. The predicted molar refractivity (Wildman–Crippen MR) is 130 cm³/mol. The Hall–Kier alpha value is -1.62. The quantitative estimate of drug-likeness (QED) is 0.125. The second-order valence-electron chi connectivity index (χ2n) is 8.56. The Labute approximate surface area is 212 Å². The van der Waals surface area contributed by atoms with Crippen LogP contribution in [0.15, 0.2) is 47.4 Å². The molecule has 1 unspecified atom stereocenters. The summed E-state index contributed by atoms with van der Waals surface area (Å²) in [7, 11) is -2.95. The van der Waals surface area contributed by atoms with E-state index in [0.29, 0.717) is 48.9 Å². The van der Waals surface area contributed by atoms with E-state index in [4.69, 9.17) is 9.63 Å². The lowest BCUT2D eigenvalue weighted by Crippen LogP contribution is -2.46. The van der Waals surface area contributed by atoms with Crippen molar-refractivity contribution in [3.63, 3.8) is 0 Å². The van der Waals surface area contributed by atoms with Crippen molar-refractivity contribution in [3.8, 4) is 5.75 Å². The van der Waals surface area contributed by atoms with Crippen LogP contribution in [0.3, 0.4) is 0 Å². The lowest BCUT2D eigenvalue weighted by Gasteiger charge is -2.42. The molecule has 6 nitrogen and oxygen atoms in total. The first-order valence-corrected chi connectivity index (χ1v) is 13.8. The molecule has 0 aromatic heterocycles. The average Bonchev–Trinajstić information content (AvgIpc) is 2.78. The summed E-state index contributed by atoms with van der Waals surface area (Å²) >= 11 is 1.31. The molecule has 0 amide bonds. The summed E-state index contributed by atoms with van der Waals surface area (Å²) in [6.07, 6.45) is -1.79. The van der Waals surface area contributed by atoms with E-state index in [1.165, 1.54) is 30.0 Å². The van der Waals surface area contributed by atoms with E-state index in [1.807, 2.05) is 0 Å². The summed E-state index contributed by atoms with van der Waals surface area (Å²) in [5.41, 5.74) is 1.55.